The van der Waals surface area contributed by atoms with E-state index in [0.717, 1.165) is 32.1 Å². The van der Waals surface area contributed by atoms with E-state index in [2.05, 4.69) is 4.74 Å². The highest BCUT2D eigenvalue weighted by atomic mass is 16.6. The Balaban J connectivity index is 1.90. The highest BCUT2D eigenvalue weighted by molar-refractivity contribution is 5.36. The van der Waals surface area contributed by atoms with Crippen LogP contribution in [0.4, 0.5) is 0 Å². The van der Waals surface area contributed by atoms with Crippen LogP contribution in [-0.2, 0) is 14.3 Å². The van der Waals surface area contributed by atoms with Crippen LogP contribution in [0.1, 0.15) is 89.9 Å². The van der Waals surface area contributed by atoms with Gasteiger partial charge in [0.15, 0.2) is 6.29 Å². The first-order chi connectivity index (χ1) is 14.1. The maximum absolute atomic E-state index is 10.1. The van der Waals surface area contributed by atoms with Crippen molar-refractivity contribution in [2.45, 2.75) is 114 Å². The van der Waals surface area contributed by atoms with E-state index in [9.17, 15) is 25.2 Å². The number of aliphatic hydroxyl groups excluding tert-OH is 4. The molecule has 1 aliphatic heterocycles. The van der Waals surface area contributed by atoms with Crippen molar-refractivity contribution in [1.82, 2.24) is 0 Å². The van der Waals surface area contributed by atoms with E-state index in [1.165, 1.54) is 51.4 Å². The molecule has 4 N–H and O–H groups in total. The summed E-state index contributed by atoms with van der Waals surface area (Å²) >= 11 is 0. The lowest BCUT2D eigenvalue weighted by molar-refractivity contribution is -0.274. The molecule has 7 heteroatoms. The summed E-state index contributed by atoms with van der Waals surface area (Å²) in [5, 5.41) is 38.8. The molecule has 0 bridgehead atoms. The minimum absolute atomic E-state index is 0.264. The van der Waals surface area contributed by atoms with Crippen molar-refractivity contribution in [2.24, 2.45) is 5.92 Å². The van der Waals surface area contributed by atoms with Crippen LogP contribution in [0.15, 0.2) is 0 Å². The molecule has 0 aliphatic carbocycles. The zero-order valence-corrected chi connectivity index (χ0v) is 17.8. The molecule has 0 aromatic heterocycles. The van der Waals surface area contributed by atoms with Crippen molar-refractivity contribution in [3.8, 4) is 0 Å². The van der Waals surface area contributed by atoms with E-state index in [0.29, 0.717) is 19.5 Å². The number of ether oxygens (including phenoxy) is 2. The van der Waals surface area contributed by atoms with Gasteiger partial charge in [0.25, 0.3) is 6.47 Å². The third-order valence-corrected chi connectivity index (χ3v) is 5.92. The predicted molar refractivity (Wildman–Crippen MR) is 110 cm³/mol. The molecule has 0 amide bonds. The summed E-state index contributed by atoms with van der Waals surface area (Å²) in [6, 6.07) is 0. The fraction of sp³-hybridized carbons (Fsp3) is 0.955. The Labute approximate surface area is 175 Å². The van der Waals surface area contributed by atoms with Gasteiger partial charge < -0.3 is 29.9 Å². The van der Waals surface area contributed by atoms with E-state index < -0.39 is 24.6 Å². The fourth-order valence-corrected chi connectivity index (χ4v) is 4.10. The van der Waals surface area contributed by atoms with Gasteiger partial charge in [0, 0.05) is 5.92 Å². The predicted octanol–water partition coefficient (Wildman–Crippen LogP) is 2.67. The molecule has 7 nitrogen and oxygen atoms in total. The second-order valence-electron chi connectivity index (χ2n) is 8.24. The monoisotopic (exact) mass is 418 g/mol. The van der Waals surface area contributed by atoms with Gasteiger partial charge in [0.05, 0.1) is 25.4 Å². The van der Waals surface area contributed by atoms with Crippen molar-refractivity contribution in [1.29, 1.82) is 0 Å². The second kappa shape index (κ2) is 17.0. The van der Waals surface area contributed by atoms with Crippen molar-refractivity contribution in [3.05, 3.63) is 0 Å². The Hall–Kier alpha value is -0.730. The Kier molecular flexibility index (Phi) is 15.4. The maximum atomic E-state index is 10.1. The van der Waals surface area contributed by atoms with Crippen molar-refractivity contribution >= 4 is 6.47 Å². The number of rotatable bonds is 18. The van der Waals surface area contributed by atoms with E-state index in [-0.39, 0.29) is 12.5 Å². The van der Waals surface area contributed by atoms with Gasteiger partial charge in [-0.2, -0.15) is 0 Å². The average molecular weight is 419 g/mol. The third-order valence-electron chi connectivity index (χ3n) is 5.92. The summed E-state index contributed by atoms with van der Waals surface area (Å²) in [5.41, 5.74) is 0. The van der Waals surface area contributed by atoms with Crippen LogP contribution in [0.25, 0.3) is 0 Å². The molecule has 1 saturated heterocycles. The SMILES string of the molecule is O=COCCCCCCCCCCCCCCCC1C(CO)OC(O)C(O)C1O. The molecule has 0 spiro atoms. The van der Waals surface area contributed by atoms with Crippen LogP contribution >= 0.6 is 0 Å². The second-order valence-corrected chi connectivity index (χ2v) is 8.24. The smallest absolute Gasteiger partial charge is 0.293 e. The van der Waals surface area contributed by atoms with Crippen molar-refractivity contribution in [2.75, 3.05) is 13.2 Å². The van der Waals surface area contributed by atoms with Gasteiger partial charge in [-0.25, -0.2) is 0 Å². The molecule has 0 aromatic carbocycles. The van der Waals surface area contributed by atoms with Gasteiger partial charge >= 0.3 is 0 Å². The minimum Gasteiger partial charge on any atom is -0.468 e. The summed E-state index contributed by atoms with van der Waals surface area (Å²) in [6.45, 7) is 0.797. The largest absolute Gasteiger partial charge is 0.468 e. The van der Waals surface area contributed by atoms with Crippen molar-refractivity contribution < 1.29 is 34.7 Å². The number of carbonyl (C=O) groups is 1. The Morgan fingerprint density at radius 1 is 0.724 bits per heavy atom. The fourth-order valence-electron chi connectivity index (χ4n) is 4.10. The van der Waals surface area contributed by atoms with Crippen LogP contribution in [0.2, 0.25) is 0 Å². The summed E-state index contributed by atoms with van der Waals surface area (Å²) in [7, 11) is 0. The standard InChI is InChI=1S/C22H42O7/c23-16-19-18(20(25)21(26)22(27)29-19)14-12-10-8-6-4-2-1-3-5-7-9-11-13-15-28-17-24/h17-23,25-27H,1-16H2. The molecule has 5 atom stereocenters. The number of hydrogen-bond donors (Lipinski definition) is 4. The van der Waals surface area contributed by atoms with Crippen LogP contribution in [0.3, 0.4) is 0 Å². The lowest BCUT2D eigenvalue weighted by Crippen LogP contribution is -2.55. The van der Waals surface area contributed by atoms with E-state index in [4.69, 9.17) is 4.74 Å². The molecule has 5 unspecified atom stereocenters. The Morgan fingerprint density at radius 3 is 1.69 bits per heavy atom. The first-order valence-electron chi connectivity index (χ1n) is 11.5. The van der Waals surface area contributed by atoms with Gasteiger partial charge in [-0.1, -0.05) is 77.0 Å². The zero-order valence-electron chi connectivity index (χ0n) is 17.8. The maximum Gasteiger partial charge on any atom is 0.293 e. The number of carbonyl (C=O) groups excluding carboxylic acids is 1. The third kappa shape index (κ3) is 11.3. The summed E-state index contributed by atoms with van der Waals surface area (Å²) in [5.74, 6) is -0.337. The van der Waals surface area contributed by atoms with Crippen LogP contribution in [-0.4, -0.2) is 64.7 Å². The molecule has 29 heavy (non-hydrogen) atoms. The molecule has 1 rings (SSSR count). The van der Waals surface area contributed by atoms with Crippen LogP contribution < -0.4 is 0 Å². The lowest BCUT2D eigenvalue weighted by Gasteiger charge is -2.40. The molecule has 1 aliphatic rings. The molecular weight excluding hydrogens is 376 g/mol. The molecule has 0 radical (unpaired) electrons. The minimum atomic E-state index is -1.43. The summed E-state index contributed by atoms with van der Waals surface area (Å²) < 4.78 is 9.86. The van der Waals surface area contributed by atoms with Gasteiger partial charge in [0.2, 0.25) is 0 Å². The Bertz CT molecular complexity index is 391. The molecule has 0 saturated carbocycles. The van der Waals surface area contributed by atoms with E-state index in [1.54, 1.807) is 0 Å². The highest BCUT2D eigenvalue weighted by Gasteiger charge is 2.42. The number of aliphatic hydroxyl groups is 4. The van der Waals surface area contributed by atoms with Gasteiger partial charge in [-0.05, 0) is 12.8 Å². The molecule has 1 heterocycles. The van der Waals surface area contributed by atoms with Gasteiger partial charge in [-0.15, -0.1) is 0 Å². The first-order valence-corrected chi connectivity index (χ1v) is 11.5. The molecule has 0 aromatic rings. The van der Waals surface area contributed by atoms with Crippen LogP contribution in [0.5, 0.6) is 0 Å². The zero-order chi connectivity index (χ0) is 21.3. The quantitative estimate of drug-likeness (QED) is 0.200. The molecule has 172 valence electrons. The van der Waals surface area contributed by atoms with E-state index >= 15 is 0 Å². The number of hydrogen-bond acceptors (Lipinski definition) is 7. The first kappa shape index (κ1) is 26.3. The summed E-state index contributed by atoms with van der Waals surface area (Å²) in [4.78, 5) is 10.00. The molecular formula is C22H42O7. The van der Waals surface area contributed by atoms with Gasteiger partial charge in [-0.3, -0.25) is 4.79 Å². The van der Waals surface area contributed by atoms with Crippen LogP contribution in [0, 0.1) is 5.92 Å². The topological polar surface area (TPSA) is 116 Å². The van der Waals surface area contributed by atoms with Gasteiger partial charge in [0.1, 0.15) is 6.10 Å². The Morgan fingerprint density at radius 2 is 1.21 bits per heavy atom. The normalized spacial score (nSPS) is 27.1. The highest BCUT2D eigenvalue weighted by Crippen LogP contribution is 2.29. The number of unbranched alkanes of at least 4 members (excludes halogenated alkanes) is 12. The lowest BCUT2D eigenvalue weighted by atomic mass is 9.85. The van der Waals surface area contributed by atoms with E-state index in [1.807, 2.05) is 0 Å². The molecule has 1 fully saturated rings. The van der Waals surface area contributed by atoms with Crippen molar-refractivity contribution in [3.63, 3.8) is 0 Å². The summed E-state index contributed by atoms with van der Waals surface area (Å²) in [6.07, 6.45) is 11.6. The average Bonchev–Trinajstić information content (AvgIpc) is 2.72.